The molecule has 2 atom stereocenters. The van der Waals surface area contributed by atoms with Gasteiger partial charge < -0.3 is 16.6 Å². The number of carbonyl (C=O) groups excluding carboxylic acids is 2. The third-order valence-electron chi connectivity index (χ3n) is 5.84. The second-order valence-corrected chi connectivity index (χ2v) is 9.91. The number of thioether (sulfide) groups is 2. The zero-order chi connectivity index (χ0) is 23.1. The zero-order valence-corrected chi connectivity index (χ0v) is 22.2. The van der Waals surface area contributed by atoms with Gasteiger partial charge in [-0.3, -0.25) is 14.5 Å². The number of β-lactam (4-membered cyclic amide) rings is 1. The summed E-state index contributed by atoms with van der Waals surface area (Å²) in [7, 11) is 1.70. The number of aromatic nitrogens is 4. The number of carbonyl (C=O) groups is 3. The smallest absolute Gasteiger partial charge is 1.00 e. The van der Waals surface area contributed by atoms with Gasteiger partial charge in [0.25, 0.3) is 5.91 Å². The first-order valence-corrected chi connectivity index (χ1v) is 12.3. The third-order valence-corrected chi connectivity index (χ3v) is 8.28. The number of amides is 2. The van der Waals surface area contributed by atoms with Gasteiger partial charge in [-0.15, -0.1) is 16.9 Å². The summed E-state index contributed by atoms with van der Waals surface area (Å²) < 4.78 is 6.69. The molecule has 1 fully saturated rings. The van der Waals surface area contributed by atoms with E-state index >= 15 is 0 Å². The van der Waals surface area contributed by atoms with Crippen LogP contribution >= 0.6 is 23.5 Å². The summed E-state index contributed by atoms with van der Waals surface area (Å²) in [5.74, 6) is -1.02. The first-order chi connectivity index (χ1) is 15.9. The van der Waals surface area contributed by atoms with E-state index in [9.17, 15) is 19.5 Å². The topological polar surface area (TPSA) is 140 Å². The van der Waals surface area contributed by atoms with E-state index in [1.807, 2.05) is 6.08 Å². The van der Waals surface area contributed by atoms with E-state index in [2.05, 4.69) is 20.8 Å². The molecule has 0 radical (unpaired) electrons. The van der Waals surface area contributed by atoms with Gasteiger partial charge in [0.05, 0.1) is 12.5 Å². The Morgan fingerprint density at radius 2 is 2.21 bits per heavy atom. The first kappa shape index (κ1) is 25.0. The fourth-order valence-electron chi connectivity index (χ4n) is 4.25. The van der Waals surface area contributed by atoms with Crippen molar-refractivity contribution in [1.29, 1.82) is 0 Å². The summed E-state index contributed by atoms with van der Waals surface area (Å²) in [5, 5.41) is 23.9. The number of rotatable bonds is 7. The Morgan fingerprint density at radius 1 is 1.38 bits per heavy atom. The molecular weight excluding hydrogens is 491 g/mol. The molecule has 1 aromatic heterocycles. The van der Waals surface area contributed by atoms with E-state index in [-0.39, 0.29) is 49.0 Å². The summed E-state index contributed by atoms with van der Waals surface area (Å²) in [4.78, 5) is 38.8. The molecule has 174 valence electrons. The predicted molar refractivity (Wildman–Crippen MR) is 120 cm³/mol. The minimum atomic E-state index is -1.16. The number of ether oxygens (including phenoxy) is 1. The Hall–Kier alpha value is -2.06. The molecule has 2 unspecified atom stereocenters. The molecule has 0 spiro atoms. The van der Waals surface area contributed by atoms with Crippen molar-refractivity contribution in [3.05, 3.63) is 46.6 Å². The van der Waals surface area contributed by atoms with Crippen LogP contribution in [0.5, 0.6) is 0 Å². The molecule has 0 aromatic carbocycles. The number of carboxylic acids is 1. The largest absolute Gasteiger partial charge is 1.00 e. The average molecular weight is 513 g/mol. The Kier molecular flexibility index (Phi) is 7.57. The third kappa shape index (κ3) is 4.59. The molecule has 1 aromatic rings. The van der Waals surface area contributed by atoms with E-state index in [0.717, 1.165) is 29.6 Å². The maximum absolute atomic E-state index is 12.9. The van der Waals surface area contributed by atoms with Crippen molar-refractivity contribution in [1.82, 2.24) is 30.4 Å². The molecule has 2 amide bonds. The van der Waals surface area contributed by atoms with Gasteiger partial charge in [0, 0.05) is 25.0 Å². The molecular formula is C20H21N6NaO5S2. The van der Waals surface area contributed by atoms with Gasteiger partial charge in [-0.25, -0.2) is 9.48 Å². The van der Waals surface area contributed by atoms with Gasteiger partial charge in [0.2, 0.25) is 11.1 Å². The minimum Gasteiger partial charge on any atom is -1.00 e. The maximum atomic E-state index is 12.9. The first-order valence-electron chi connectivity index (χ1n) is 10.2. The number of hydrogen-bond donors (Lipinski definition) is 2. The monoisotopic (exact) mass is 512 g/mol. The van der Waals surface area contributed by atoms with Crippen LogP contribution in [0.15, 0.2) is 51.7 Å². The van der Waals surface area contributed by atoms with Gasteiger partial charge in [0.15, 0.2) is 0 Å². The van der Waals surface area contributed by atoms with Crippen molar-refractivity contribution in [2.24, 2.45) is 7.05 Å². The Morgan fingerprint density at radius 3 is 2.94 bits per heavy atom. The second kappa shape index (κ2) is 10.3. The van der Waals surface area contributed by atoms with Crippen molar-refractivity contribution in [3.8, 4) is 0 Å². The van der Waals surface area contributed by atoms with Crippen LogP contribution in [0.2, 0.25) is 0 Å². The number of hydrogen-bond acceptors (Lipinski definition) is 9. The van der Waals surface area contributed by atoms with Crippen molar-refractivity contribution in [3.63, 3.8) is 0 Å². The van der Waals surface area contributed by atoms with Crippen LogP contribution in [-0.4, -0.2) is 70.9 Å². The van der Waals surface area contributed by atoms with E-state index in [1.165, 1.54) is 33.1 Å². The van der Waals surface area contributed by atoms with E-state index in [4.69, 9.17) is 4.74 Å². The molecule has 4 aliphatic rings. The van der Waals surface area contributed by atoms with Crippen molar-refractivity contribution < 1.29 is 55.2 Å². The van der Waals surface area contributed by atoms with Crippen LogP contribution in [0.3, 0.4) is 0 Å². The van der Waals surface area contributed by atoms with Gasteiger partial charge in [-0.1, -0.05) is 17.3 Å². The molecule has 34 heavy (non-hydrogen) atoms. The van der Waals surface area contributed by atoms with Crippen LogP contribution < -0.4 is 34.9 Å². The Labute approximate surface area is 226 Å². The normalized spacial score (nSPS) is 22.9. The minimum absolute atomic E-state index is 0. The SMILES string of the molecule is Cn1nnnc1SCC1=C(C(=O)O)N2C(=O)C(NC(=O)CC3=C4C=COC=C4CC3)C2SC1.[H-].[Na+]. The summed E-state index contributed by atoms with van der Waals surface area (Å²) in [6.45, 7) is 0. The number of tetrazole rings is 1. The number of nitrogens with zero attached hydrogens (tertiary/aromatic N) is 5. The van der Waals surface area contributed by atoms with Crippen LogP contribution in [0.4, 0.5) is 0 Å². The number of fused-ring (bicyclic) bond motifs is 2. The van der Waals surface area contributed by atoms with Crippen molar-refractivity contribution >= 4 is 41.3 Å². The van der Waals surface area contributed by atoms with Gasteiger partial charge in [-0.2, -0.15) is 0 Å². The summed E-state index contributed by atoms with van der Waals surface area (Å²) >= 11 is 2.76. The van der Waals surface area contributed by atoms with E-state index in [1.54, 1.807) is 19.6 Å². The quantitative estimate of drug-likeness (QED) is 0.241. The molecule has 1 aliphatic carbocycles. The fourth-order valence-corrected chi connectivity index (χ4v) is 6.58. The van der Waals surface area contributed by atoms with E-state index < -0.39 is 23.3 Å². The van der Waals surface area contributed by atoms with Crippen LogP contribution in [-0.2, 0) is 26.2 Å². The van der Waals surface area contributed by atoms with Crippen LogP contribution in [0, 0.1) is 0 Å². The van der Waals surface area contributed by atoms with Gasteiger partial charge in [-0.05, 0) is 46.1 Å². The predicted octanol–water partition coefficient (Wildman–Crippen LogP) is -1.93. The molecule has 0 bridgehead atoms. The average Bonchev–Trinajstić information content (AvgIpc) is 3.41. The standard InChI is InChI=1S/C20H20N6O5S2.Na.H/c1-25-20(22-23-24-25)33-9-12-8-32-18-15(17(28)26(18)16(12)19(29)30)21-14(27)6-10-2-3-11-7-31-5-4-13(10)11;;/h4-5,7,15,18H,2-3,6,8-9H2,1H3,(H,21,27)(H,29,30);;/q;+1;-1. The molecule has 5 rings (SSSR count). The molecule has 1 saturated heterocycles. The number of carboxylic acid groups (broad SMARTS) is 1. The maximum Gasteiger partial charge on any atom is 1.00 e. The number of allylic oxidation sites excluding steroid dienone is 3. The summed E-state index contributed by atoms with van der Waals surface area (Å²) in [5.41, 5.74) is 3.73. The second-order valence-electron chi connectivity index (χ2n) is 7.86. The van der Waals surface area contributed by atoms with Gasteiger partial charge >= 0.3 is 35.5 Å². The van der Waals surface area contributed by atoms with Crippen molar-refractivity contribution in [2.45, 2.75) is 35.8 Å². The molecule has 14 heteroatoms. The number of aliphatic carboxylic acids is 1. The van der Waals surface area contributed by atoms with Crippen LogP contribution in [0.25, 0.3) is 0 Å². The van der Waals surface area contributed by atoms with Crippen molar-refractivity contribution in [2.75, 3.05) is 11.5 Å². The molecule has 4 heterocycles. The fraction of sp³-hybridized carbons (Fsp3) is 0.400. The number of aryl methyl sites for hydroxylation is 1. The van der Waals surface area contributed by atoms with Crippen LogP contribution in [0.1, 0.15) is 20.7 Å². The molecule has 3 aliphatic heterocycles. The Bertz CT molecular complexity index is 1180. The molecule has 2 N–H and O–H groups in total. The molecule has 0 saturated carbocycles. The Balaban J connectivity index is 0.00000171. The summed E-state index contributed by atoms with van der Waals surface area (Å²) in [6, 6.07) is -0.735. The van der Waals surface area contributed by atoms with E-state index in [0.29, 0.717) is 22.2 Å². The van der Waals surface area contributed by atoms with Gasteiger partial charge in [0.1, 0.15) is 17.1 Å². The molecule has 11 nitrogen and oxygen atoms in total. The summed E-state index contributed by atoms with van der Waals surface area (Å²) in [6.07, 6.45) is 6.95. The zero-order valence-electron chi connectivity index (χ0n) is 19.6. The number of nitrogens with one attached hydrogen (secondary N) is 1.